The van der Waals surface area contributed by atoms with E-state index >= 15 is 0 Å². The first kappa shape index (κ1) is 51.8. The molecule has 0 saturated carbocycles. The lowest BCUT2D eigenvalue weighted by molar-refractivity contribution is -0.275. The second-order valence-electron chi connectivity index (χ2n) is 19.4. The molecule has 10 nitrogen and oxygen atoms in total. The summed E-state index contributed by atoms with van der Waals surface area (Å²) in [6.45, 7) is 6.36. The number of fused-ring (bicyclic) bond motifs is 1. The molecule has 2 aliphatic rings. The first-order valence-corrected chi connectivity index (χ1v) is 26.1. The number of carbonyl (C=O) groups excluding carboxylic acids is 2. The molecule has 0 unspecified atom stereocenters. The summed E-state index contributed by atoms with van der Waals surface area (Å²) < 4.78 is 48.5. The molecule has 1 fully saturated rings. The number of benzene rings is 8. The summed E-state index contributed by atoms with van der Waals surface area (Å²) in [5.74, 6) is 0.734. The average Bonchev–Trinajstić information content (AvgIpc) is 3.76. The fourth-order valence-corrected chi connectivity index (χ4v) is 9.92. The minimum atomic E-state index is -0.712. The molecule has 0 spiro atoms. The third kappa shape index (κ3) is 12.9. The van der Waals surface area contributed by atoms with Gasteiger partial charge in [0.2, 0.25) is 0 Å². The van der Waals surface area contributed by atoms with Gasteiger partial charge >= 0.3 is 0 Å². The van der Waals surface area contributed by atoms with Crippen LogP contribution >= 0.6 is 0 Å². The van der Waals surface area contributed by atoms with Crippen LogP contribution in [0.25, 0.3) is 0 Å². The molecule has 8 aromatic carbocycles. The van der Waals surface area contributed by atoms with Crippen LogP contribution in [0.1, 0.15) is 82.5 Å². The number of rotatable bonds is 23. The van der Waals surface area contributed by atoms with Gasteiger partial charge < -0.3 is 33.2 Å². The van der Waals surface area contributed by atoms with E-state index in [4.69, 9.17) is 33.2 Å². The van der Waals surface area contributed by atoms with Gasteiger partial charge in [-0.1, -0.05) is 170 Å². The van der Waals surface area contributed by atoms with Crippen molar-refractivity contribution in [3.8, 4) is 11.5 Å². The smallest absolute Gasteiger partial charge is 0.261 e. The number of hydrogen-bond acceptors (Lipinski definition) is 9. The Hall–Kier alpha value is -7.70. The van der Waals surface area contributed by atoms with Crippen molar-refractivity contribution in [3.63, 3.8) is 0 Å². The van der Waals surface area contributed by atoms with E-state index in [0.29, 0.717) is 62.1 Å². The third-order valence-corrected chi connectivity index (χ3v) is 14.1. The zero-order chi connectivity index (χ0) is 52.1. The highest BCUT2D eigenvalue weighted by Gasteiger charge is 2.50. The van der Waals surface area contributed by atoms with E-state index in [1.807, 2.05) is 103 Å². The van der Waals surface area contributed by atoms with E-state index in [2.05, 4.69) is 92.7 Å². The van der Waals surface area contributed by atoms with Crippen LogP contribution in [0.2, 0.25) is 0 Å². The largest absolute Gasteiger partial charge is 0.492 e. The molecular weight excluding hydrogens is 951 g/mol. The Bertz CT molecular complexity index is 3120. The topological polar surface area (TPSA) is 102 Å². The molecule has 2 amide bonds. The lowest BCUT2D eigenvalue weighted by atomic mass is 9.87. The molecule has 10 rings (SSSR count). The average molecular weight is 1010 g/mol. The normalized spacial score (nSPS) is 18.1. The van der Waals surface area contributed by atoms with Gasteiger partial charge in [0.15, 0.2) is 0 Å². The number of amides is 2. The molecule has 2 heterocycles. The summed E-state index contributed by atoms with van der Waals surface area (Å²) >= 11 is 0. The van der Waals surface area contributed by atoms with Gasteiger partial charge in [0.1, 0.15) is 55.2 Å². The van der Waals surface area contributed by atoms with E-state index < -0.39 is 30.5 Å². The molecule has 0 N–H and O–H groups in total. The Morgan fingerprint density at radius 2 is 0.934 bits per heavy atom. The van der Waals surface area contributed by atoms with E-state index in [1.165, 1.54) is 4.90 Å². The van der Waals surface area contributed by atoms with Crippen LogP contribution in [0.15, 0.2) is 206 Å². The van der Waals surface area contributed by atoms with Crippen molar-refractivity contribution in [2.45, 2.75) is 83.8 Å². The lowest BCUT2D eigenvalue weighted by Gasteiger charge is -2.46. The molecule has 0 bridgehead atoms. The molecule has 76 heavy (non-hydrogen) atoms. The number of nitrogens with zero attached hydrogens (tertiary/aromatic N) is 1. The highest BCUT2D eigenvalue weighted by molar-refractivity contribution is 6.21. The lowest BCUT2D eigenvalue weighted by Crippen LogP contribution is -2.58. The van der Waals surface area contributed by atoms with Gasteiger partial charge in [0.25, 0.3) is 11.8 Å². The summed E-state index contributed by atoms with van der Waals surface area (Å²) in [5.41, 5.74) is 11.1. The number of hydrogen-bond donors (Lipinski definition) is 0. The Labute approximate surface area is 445 Å². The van der Waals surface area contributed by atoms with Crippen molar-refractivity contribution in [3.05, 3.63) is 273 Å². The quantitative estimate of drug-likeness (QED) is 0.0580. The molecular formula is C66H63NO9. The van der Waals surface area contributed by atoms with Gasteiger partial charge in [-0.25, -0.2) is 0 Å². The first-order chi connectivity index (χ1) is 37.3. The second kappa shape index (κ2) is 25.2. The molecule has 10 heteroatoms. The fourth-order valence-electron chi connectivity index (χ4n) is 9.92. The van der Waals surface area contributed by atoms with Crippen molar-refractivity contribution in [2.24, 2.45) is 0 Å². The predicted molar refractivity (Wildman–Crippen MR) is 292 cm³/mol. The van der Waals surface area contributed by atoms with Crippen molar-refractivity contribution < 1.29 is 42.7 Å². The third-order valence-electron chi connectivity index (χ3n) is 14.1. The molecule has 0 aliphatic carbocycles. The Balaban J connectivity index is 0.998. The van der Waals surface area contributed by atoms with Gasteiger partial charge in [0, 0.05) is 5.56 Å². The standard InChI is InChI=1S/C66H63NO9/c1-46-36-55(71-35-34-67-65(68)56-30-18-19-31-57(56)66(67)69)33-32-53(46)38-54-39-58(59(37-47(54)2)72-41-49-22-10-4-11-23-49)61-63(74-43-51-26-14-6-15-27-51)64(75-44-52-28-16-7-17-29-52)62(73-42-50-24-12-5-13-25-50)60(76-61)45-70-40-48-20-8-3-9-21-48/h3-33,36-37,39,60-64H,34-35,38,40-45H2,1-2H3/t60-,61+,62-,63+,64+/m1/s1. The molecule has 8 aromatic rings. The van der Waals surface area contributed by atoms with Gasteiger partial charge in [-0.2, -0.15) is 0 Å². The molecule has 1 saturated heterocycles. The second-order valence-corrected chi connectivity index (χ2v) is 19.4. The Morgan fingerprint density at radius 1 is 0.461 bits per heavy atom. The van der Waals surface area contributed by atoms with Gasteiger partial charge in [-0.15, -0.1) is 0 Å². The summed E-state index contributed by atoms with van der Waals surface area (Å²) in [7, 11) is 0. The molecule has 0 aromatic heterocycles. The van der Waals surface area contributed by atoms with Crippen molar-refractivity contribution >= 4 is 11.8 Å². The van der Waals surface area contributed by atoms with E-state index in [-0.39, 0.29) is 31.6 Å². The summed E-state index contributed by atoms with van der Waals surface area (Å²) in [5, 5.41) is 0. The maximum Gasteiger partial charge on any atom is 0.261 e. The number of carbonyl (C=O) groups is 2. The minimum absolute atomic E-state index is 0.144. The van der Waals surface area contributed by atoms with Crippen LogP contribution < -0.4 is 9.47 Å². The van der Waals surface area contributed by atoms with E-state index in [9.17, 15) is 9.59 Å². The van der Waals surface area contributed by atoms with Crippen LogP contribution in [0.4, 0.5) is 0 Å². The summed E-state index contributed by atoms with van der Waals surface area (Å²) in [6.07, 6.45) is -2.67. The Kier molecular flexibility index (Phi) is 17.2. The predicted octanol–water partition coefficient (Wildman–Crippen LogP) is 12.6. The maximum atomic E-state index is 13.0. The monoisotopic (exact) mass is 1010 g/mol. The summed E-state index contributed by atoms with van der Waals surface area (Å²) in [4.78, 5) is 27.3. The van der Waals surface area contributed by atoms with Crippen molar-refractivity contribution in [1.82, 2.24) is 4.90 Å². The SMILES string of the molecule is Cc1cc(OCCN2C(=O)c3ccccc3C2=O)ccc1Cc1cc([C@@H]2O[C@H](COCc3ccccc3)[C@@H](OCc3ccccc3)[C@H](OCc3ccccc3)[C@H]2OCc2ccccc2)c(OCc2ccccc2)cc1C. The maximum absolute atomic E-state index is 13.0. The van der Waals surface area contributed by atoms with E-state index in [1.54, 1.807) is 24.3 Å². The molecule has 2 aliphatic heterocycles. The van der Waals surface area contributed by atoms with Crippen LogP contribution in [-0.4, -0.2) is 60.9 Å². The van der Waals surface area contributed by atoms with Gasteiger partial charge in [-0.3, -0.25) is 14.5 Å². The van der Waals surface area contributed by atoms with Crippen LogP contribution in [0.5, 0.6) is 11.5 Å². The van der Waals surface area contributed by atoms with Crippen LogP contribution in [0, 0.1) is 13.8 Å². The number of ether oxygens (including phenoxy) is 7. The highest BCUT2D eigenvalue weighted by Crippen LogP contribution is 2.43. The zero-order valence-electron chi connectivity index (χ0n) is 43.0. The zero-order valence-corrected chi connectivity index (χ0v) is 43.0. The van der Waals surface area contributed by atoms with Crippen LogP contribution in [0.3, 0.4) is 0 Å². The van der Waals surface area contributed by atoms with Crippen molar-refractivity contribution in [1.29, 1.82) is 0 Å². The highest BCUT2D eigenvalue weighted by atomic mass is 16.6. The summed E-state index contributed by atoms with van der Waals surface area (Å²) in [6, 6.07) is 68.1. The number of aryl methyl sites for hydroxylation is 2. The minimum Gasteiger partial charge on any atom is -0.492 e. The van der Waals surface area contributed by atoms with E-state index in [0.717, 1.165) is 55.6 Å². The first-order valence-electron chi connectivity index (χ1n) is 26.1. The Morgan fingerprint density at radius 3 is 1.47 bits per heavy atom. The fraction of sp³-hybridized carbons (Fsp3) is 0.242. The number of imide groups is 1. The van der Waals surface area contributed by atoms with Gasteiger partial charge in [0.05, 0.1) is 50.7 Å². The van der Waals surface area contributed by atoms with Gasteiger partial charge in [-0.05, 0) is 107 Å². The molecule has 0 radical (unpaired) electrons. The van der Waals surface area contributed by atoms with Crippen molar-refractivity contribution in [2.75, 3.05) is 19.8 Å². The molecule has 386 valence electrons. The van der Waals surface area contributed by atoms with Crippen LogP contribution in [-0.2, 0) is 63.1 Å². The molecule has 5 atom stereocenters.